The summed E-state index contributed by atoms with van der Waals surface area (Å²) in [5.41, 5.74) is 0. The van der Waals surface area contributed by atoms with Crippen LogP contribution in [0.1, 0.15) is 259 Å². The lowest BCUT2D eigenvalue weighted by Gasteiger charge is -2.28. The van der Waals surface area contributed by atoms with Crippen molar-refractivity contribution >= 4 is 23.8 Å². The molecule has 2 unspecified atom stereocenters. The van der Waals surface area contributed by atoms with Gasteiger partial charge in [0.2, 0.25) is 5.91 Å². The van der Waals surface area contributed by atoms with Gasteiger partial charge < -0.3 is 24.0 Å². The maximum Gasteiger partial charge on any atom is 0.305 e. The Kier molecular flexibility index (Phi) is 46.3. The molecule has 0 bridgehead atoms. The Hall–Kier alpha value is -2.42. The summed E-state index contributed by atoms with van der Waals surface area (Å²) in [5, 5.41) is 0. The number of hydrogen-bond donors (Lipinski definition) is 0. The molecule has 9 nitrogen and oxygen atoms in total. The number of nitrogens with zero attached hydrogens (tertiary/aromatic N) is 2. The van der Waals surface area contributed by atoms with Crippen molar-refractivity contribution in [2.75, 3.05) is 53.6 Å². The van der Waals surface area contributed by atoms with Gasteiger partial charge in [-0.1, -0.05) is 168 Å². The third kappa shape index (κ3) is 43.9. The van der Waals surface area contributed by atoms with Crippen molar-refractivity contribution in [2.45, 2.75) is 259 Å². The molecule has 382 valence electrons. The van der Waals surface area contributed by atoms with Crippen LogP contribution >= 0.6 is 0 Å². The van der Waals surface area contributed by atoms with Gasteiger partial charge in [-0.3, -0.25) is 19.2 Å². The summed E-state index contributed by atoms with van der Waals surface area (Å²) in [6, 6.07) is 0. The molecule has 1 amide bonds. The number of carbonyl (C=O) groups excluding carboxylic acids is 4. The molecule has 0 aromatic carbocycles. The minimum Gasteiger partial charge on any atom is -0.465 e. The molecule has 0 aliphatic heterocycles. The van der Waals surface area contributed by atoms with Crippen LogP contribution in [-0.4, -0.2) is 87.2 Å². The molecule has 0 N–H and O–H groups in total. The molecule has 0 saturated heterocycles. The first kappa shape index (κ1) is 62.6. The predicted molar refractivity (Wildman–Crippen MR) is 273 cm³/mol. The van der Waals surface area contributed by atoms with Gasteiger partial charge in [0.25, 0.3) is 0 Å². The lowest BCUT2D eigenvalue weighted by Crippen LogP contribution is -2.39. The van der Waals surface area contributed by atoms with E-state index in [-0.39, 0.29) is 42.9 Å². The Labute approximate surface area is 402 Å². The number of carbonyl (C=O) groups is 4. The second-order valence-electron chi connectivity index (χ2n) is 19.5. The highest BCUT2D eigenvalue weighted by atomic mass is 16.5. The molecule has 0 aromatic rings. The molecule has 9 heteroatoms. The van der Waals surface area contributed by atoms with Gasteiger partial charge in [-0.15, -0.1) is 0 Å². The summed E-state index contributed by atoms with van der Waals surface area (Å²) < 4.78 is 17.3. The highest BCUT2D eigenvalue weighted by Crippen LogP contribution is 2.19. The van der Waals surface area contributed by atoms with Crippen LogP contribution in [0.5, 0.6) is 0 Å². The van der Waals surface area contributed by atoms with Crippen molar-refractivity contribution in [3.8, 4) is 0 Å². The molecule has 0 heterocycles. The SMILES string of the molecule is CCCCCCCC/C=C\CCCCCCCC(=O)OCC(COC(=O)CCCCCCC(=O)OCC(CCCC)CCCCCC)CN(CCCCN(C)C)C(=O)CCCCCCC. The molecule has 0 spiro atoms. The van der Waals surface area contributed by atoms with E-state index in [4.69, 9.17) is 14.2 Å². The highest BCUT2D eigenvalue weighted by molar-refractivity contribution is 5.76. The molecule has 0 radical (unpaired) electrons. The van der Waals surface area contributed by atoms with E-state index in [1.807, 2.05) is 4.90 Å². The van der Waals surface area contributed by atoms with E-state index in [1.165, 1.54) is 96.3 Å². The summed E-state index contributed by atoms with van der Waals surface area (Å²) in [5.74, 6) is -0.302. The lowest BCUT2D eigenvalue weighted by atomic mass is 9.96. The van der Waals surface area contributed by atoms with E-state index in [2.05, 4.69) is 58.8 Å². The van der Waals surface area contributed by atoms with Crippen LogP contribution in [0.3, 0.4) is 0 Å². The zero-order valence-electron chi connectivity index (χ0n) is 43.8. The van der Waals surface area contributed by atoms with Gasteiger partial charge in [-0.25, -0.2) is 0 Å². The number of amides is 1. The third-order valence-electron chi connectivity index (χ3n) is 12.6. The first-order chi connectivity index (χ1) is 31.7. The van der Waals surface area contributed by atoms with Crippen LogP contribution in [0, 0.1) is 11.8 Å². The predicted octanol–water partition coefficient (Wildman–Crippen LogP) is 14.9. The summed E-state index contributed by atoms with van der Waals surface area (Å²) in [7, 11) is 4.12. The molecule has 0 rings (SSSR count). The van der Waals surface area contributed by atoms with Crippen molar-refractivity contribution in [2.24, 2.45) is 11.8 Å². The Balaban J connectivity index is 4.98. The van der Waals surface area contributed by atoms with Crippen LogP contribution in [0.25, 0.3) is 0 Å². The third-order valence-corrected chi connectivity index (χ3v) is 12.6. The van der Waals surface area contributed by atoms with Gasteiger partial charge >= 0.3 is 17.9 Å². The Morgan fingerprint density at radius 1 is 0.400 bits per heavy atom. The fourth-order valence-electron chi connectivity index (χ4n) is 8.30. The van der Waals surface area contributed by atoms with Gasteiger partial charge in [0, 0.05) is 44.7 Å². The topological polar surface area (TPSA) is 102 Å². The fourth-order valence-corrected chi connectivity index (χ4v) is 8.30. The van der Waals surface area contributed by atoms with E-state index in [1.54, 1.807) is 0 Å². The van der Waals surface area contributed by atoms with E-state index in [0.717, 1.165) is 109 Å². The minimum absolute atomic E-state index is 0.111. The van der Waals surface area contributed by atoms with E-state index < -0.39 is 0 Å². The molecule has 0 aliphatic carbocycles. The average molecular weight is 919 g/mol. The van der Waals surface area contributed by atoms with Gasteiger partial charge in [0.1, 0.15) is 0 Å². The number of unbranched alkanes of at least 4 members (excludes halogenated alkanes) is 23. The normalized spacial score (nSPS) is 12.5. The smallest absolute Gasteiger partial charge is 0.305 e. The maximum atomic E-state index is 13.6. The number of ether oxygens (including phenoxy) is 3. The van der Waals surface area contributed by atoms with Crippen LogP contribution in [0.15, 0.2) is 12.2 Å². The number of hydrogen-bond acceptors (Lipinski definition) is 8. The second-order valence-corrected chi connectivity index (χ2v) is 19.5. The standard InChI is InChI=1S/C56H106N2O7/c1-7-11-15-18-19-20-21-22-23-24-25-26-27-29-34-42-55(61)64-49-52(47-58(46-38-37-45-57(5)6)53(59)41-33-28-16-12-8-2)50-65-56(62)44-36-31-30-35-43-54(60)63-48-51(39-14-10-4)40-32-17-13-9-3/h22-23,51-52H,7-21,24-50H2,1-6H3/b23-22-. The molecule has 0 saturated carbocycles. The monoisotopic (exact) mass is 919 g/mol. The number of rotatable bonds is 49. The zero-order valence-corrected chi connectivity index (χ0v) is 43.8. The van der Waals surface area contributed by atoms with E-state index in [9.17, 15) is 19.2 Å². The number of allylic oxidation sites excluding steroid dienone is 2. The first-order valence-corrected chi connectivity index (χ1v) is 27.7. The van der Waals surface area contributed by atoms with Crippen LogP contribution < -0.4 is 0 Å². The van der Waals surface area contributed by atoms with Crippen LogP contribution in [-0.2, 0) is 33.4 Å². The molecular formula is C56H106N2O7. The Morgan fingerprint density at radius 3 is 1.23 bits per heavy atom. The Morgan fingerprint density at radius 2 is 0.769 bits per heavy atom. The average Bonchev–Trinajstić information content (AvgIpc) is 3.29. The van der Waals surface area contributed by atoms with Gasteiger partial charge in [0.15, 0.2) is 0 Å². The molecule has 0 fully saturated rings. The summed E-state index contributed by atoms with van der Waals surface area (Å²) in [6.07, 6.45) is 42.0. The van der Waals surface area contributed by atoms with Crippen molar-refractivity contribution in [1.29, 1.82) is 0 Å². The van der Waals surface area contributed by atoms with E-state index in [0.29, 0.717) is 57.7 Å². The van der Waals surface area contributed by atoms with Crippen molar-refractivity contribution in [3.05, 3.63) is 12.2 Å². The van der Waals surface area contributed by atoms with Crippen molar-refractivity contribution < 1.29 is 33.4 Å². The van der Waals surface area contributed by atoms with E-state index >= 15 is 0 Å². The van der Waals surface area contributed by atoms with Crippen LogP contribution in [0.2, 0.25) is 0 Å². The maximum absolute atomic E-state index is 13.6. The van der Waals surface area contributed by atoms with Crippen molar-refractivity contribution in [1.82, 2.24) is 9.80 Å². The summed E-state index contributed by atoms with van der Waals surface area (Å²) in [4.78, 5) is 56.0. The lowest BCUT2D eigenvalue weighted by molar-refractivity contribution is -0.150. The minimum atomic E-state index is -0.293. The van der Waals surface area contributed by atoms with Gasteiger partial charge in [-0.05, 0) is 104 Å². The fraction of sp³-hybridized carbons (Fsp3) is 0.893. The zero-order chi connectivity index (χ0) is 47.9. The largest absolute Gasteiger partial charge is 0.465 e. The van der Waals surface area contributed by atoms with Crippen LogP contribution in [0.4, 0.5) is 0 Å². The highest BCUT2D eigenvalue weighted by Gasteiger charge is 2.22. The van der Waals surface area contributed by atoms with Gasteiger partial charge in [0.05, 0.1) is 19.8 Å². The molecule has 0 aromatic heterocycles. The van der Waals surface area contributed by atoms with Crippen molar-refractivity contribution in [3.63, 3.8) is 0 Å². The summed E-state index contributed by atoms with van der Waals surface area (Å²) >= 11 is 0. The molecular weight excluding hydrogens is 813 g/mol. The molecule has 65 heavy (non-hydrogen) atoms. The number of esters is 3. The molecule has 2 atom stereocenters. The Bertz CT molecular complexity index is 1130. The molecule has 0 aliphatic rings. The second kappa shape index (κ2) is 48.1. The quantitative estimate of drug-likeness (QED) is 0.0257. The van der Waals surface area contributed by atoms with Gasteiger partial charge in [-0.2, -0.15) is 0 Å². The summed E-state index contributed by atoms with van der Waals surface area (Å²) in [6.45, 7) is 11.7. The first-order valence-electron chi connectivity index (χ1n) is 27.7.